The molecule has 1 aromatic carbocycles. The number of hydrogen-bond acceptors (Lipinski definition) is 4. The number of pyridine rings is 1. The standard InChI is InChI=1S/C20H21F2N5O/c21-15-6-7-17(16(22)11-15)23-20(28)13-26-8-3-4-14(12-26)10-19-25-24-18-5-1-2-9-27(18)19/h1-2,5-7,9,11,14H,3-4,8,10,12-13H2,(H,23,28)/t14-/m1/s1. The topological polar surface area (TPSA) is 62.5 Å². The average Bonchev–Trinajstić information content (AvgIpc) is 3.07. The van der Waals surface area contributed by atoms with Crippen molar-refractivity contribution < 1.29 is 13.6 Å². The van der Waals surface area contributed by atoms with Crippen molar-refractivity contribution in [2.24, 2.45) is 5.92 Å². The molecule has 6 nitrogen and oxygen atoms in total. The molecule has 0 bridgehead atoms. The summed E-state index contributed by atoms with van der Waals surface area (Å²) in [5, 5.41) is 11.0. The minimum Gasteiger partial charge on any atom is -0.322 e. The number of carbonyl (C=O) groups is 1. The molecule has 0 unspecified atom stereocenters. The molecule has 8 heteroatoms. The van der Waals surface area contributed by atoms with E-state index in [1.165, 1.54) is 6.07 Å². The van der Waals surface area contributed by atoms with Crippen LogP contribution in [-0.4, -0.2) is 45.0 Å². The van der Waals surface area contributed by atoms with Gasteiger partial charge >= 0.3 is 0 Å². The lowest BCUT2D eigenvalue weighted by Crippen LogP contribution is -2.41. The highest BCUT2D eigenvalue weighted by atomic mass is 19.1. The number of likely N-dealkylation sites (tertiary alicyclic amines) is 1. The Balaban J connectivity index is 1.35. The van der Waals surface area contributed by atoms with Crippen LogP contribution in [0.4, 0.5) is 14.5 Å². The minimum atomic E-state index is -0.774. The Morgan fingerprint density at radius 1 is 1.21 bits per heavy atom. The molecule has 0 aliphatic carbocycles. The van der Waals surface area contributed by atoms with Crippen LogP contribution in [-0.2, 0) is 11.2 Å². The number of hydrogen-bond donors (Lipinski definition) is 1. The summed E-state index contributed by atoms with van der Waals surface area (Å²) >= 11 is 0. The summed E-state index contributed by atoms with van der Waals surface area (Å²) in [5.74, 6) is -0.463. The van der Waals surface area contributed by atoms with Crippen molar-refractivity contribution in [2.75, 3.05) is 25.0 Å². The van der Waals surface area contributed by atoms with E-state index in [-0.39, 0.29) is 18.1 Å². The SMILES string of the molecule is O=C(CN1CCC[C@H](Cc2nnc3ccccn23)C1)Nc1ccc(F)cc1F. The molecule has 1 N–H and O–H groups in total. The summed E-state index contributed by atoms with van der Waals surface area (Å²) in [4.78, 5) is 14.3. The molecule has 1 aliphatic rings. The lowest BCUT2D eigenvalue weighted by atomic mass is 9.94. The maximum Gasteiger partial charge on any atom is 0.238 e. The van der Waals surface area contributed by atoms with Crippen LogP contribution in [0.1, 0.15) is 18.7 Å². The van der Waals surface area contributed by atoms with Crippen LogP contribution >= 0.6 is 0 Å². The number of nitrogens with zero attached hydrogens (tertiary/aromatic N) is 4. The van der Waals surface area contributed by atoms with E-state index < -0.39 is 11.6 Å². The molecular formula is C20H21F2N5O. The third kappa shape index (κ3) is 4.17. The van der Waals surface area contributed by atoms with Crippen LogP contribution in [0.3, 0.4) is 0 Å². The maximum atomic E-state index is 13.7. The van der Waals surface area contributed by atoms with Crippen LogP contribution in [0, 0.1) is 17.6 Å². The quantitative estimate of drug-likeness (QED) is 0.734. The van der Waals surface area contributed by atoms with Crippen LogP contribution in [0.25, 0.3) is 5.65 Å². The number of carbonyl (C=O) groups excluding carboxylic acids is 1. The van der Waals surface area contributed by atoms with Gasteiger partial charge in [-0.15, -0.1) is 10.2 Å². The van der Waals surface area contributed by atoms with Gasteiger partial charge in [-0.05, 0) is 49.6 Å². The lowest BCUT2D eigenvalue weighted by molar-refractivity contribution is -0.117. The van der Waals surface area contributed by atoms with Crippen molar-refractivity contribution in [3.63, 3.8) is 0 Å². The van der Waals surface area contributed by atoms with Crippen LogP contribution in [0.15, 0.2) is 42.6 Å². The molecule has 0 radical (unpaired) electrons. The van der Waals surface area contributed by atoms with Crippen molar-refractivity contribution in [2.45, 2.75) is 19.3 Å². The van der Waals surface area contributed by atoms with Crippen LogP contribution < -0.4 is 5.32 Å². The van der Waals surface area contributed by atoms with Crippen molar-refractivity contribution in [1.82, 2.24) is 19.5 Å². The van der Waals surface area contributed by atoms with E-state index >= 15 is 0 Å². The van der Waals surface area contributed by atoms with Gasteiger partial charge in [0.1, 0.15) is 17.5 Å². The molecule has 1 fully saturated rings. The summed E-state index contributed by atoms with van der Waals surface area (Å²) in [6, 6.07) is 8.92. The number of amides is 1. The van der Waals surface area contributed by atoms with Crippen molar-refractivity contribution >= 4 is 17.2 Å². The Morgan fingerprint density at radius 3 is 2.96 bits per heavy atom. The first-order valence-electron chi connectivity index (χ1n) is 9.34. The van der Waals surface area contributed by atoms with Crippen molar-refractivity contribution in [3.05, 3.63) is 60.1 Å². The molecule has 3 aromatic rings. The second-order valence-corrected chi connectivity index (χ2v) is 7.16. The van der Waals surface area contributed by atoms with E-state index in [4.69, 9.17) is 0 Å². The highest BCUT2D eigenvalue weighted by Gasteiger charge is 2.23. The Morgan fingerprint density at radius 2 is 2.11 bits per heavy atom. The largest absolute Gasteiger partial charge is 0.322 e. The minimum absolute atomic E-state index is 0.00473. The molecule has 4 rings (SSSR count). The van der Waals surface area contributed by atoms with Crippen LogP contribution in [0.2, 0.25) is 0 Å². The zero-order valence-electron chi connectivity index (χ0n) is 15.3. The second-order valence-electron chi connectivity index (χ2n) is 7.16. The fraction of sp³-hybridized carbons (Fsp3) is 0.350. The summed E-state index contributed by atoms with van der Waals surface area (Å²) in [7, 11) is 0. The third-order valence-electron chi connectivity index (χ3n) is 5.03. The molecule has 3 heterocycles. The second kappa shape index (κ2) is 8.02. The first-order valence-corrected chi connectivity index (χ1v) is 9.34. The van der Waals surface area contributed by atoms with E-state index in [2.05, 4.69) is 20.4 Å². The van der Waals surface area contributed by atoms with Crippen molar-refractivity contribution in [1.29, 1.82) is 0 Å². The van der Waals surface area contributed by atoms with Gasteiger partial charge in [-0.1, -0.05) is 6.07 Å². The molecule has 28 heavy (non-hydrogen) atoms. The molecule has 1 aliphatic heterocycles. The third-order valence-corrected chi connectivity index (χ3v) is 5.03. The monoisotopic (exact) mass is 385 g/mol. The number of benzene rings is 1. The van der Waals surface area contributed by atoms with Gasteiger partial charge in [0.05, 0.1) is 12.2 Å². The van der Waals surface area contributed by atoms with E-state index in [9.17, 15) is 13.6 Å². The molecule has 1 amide bonds. The number of piperidine rings is 1. The Labute approximate surface area is 161 Å². The smallest absolute Gasteiger partial charge is 0.238 e. The summed E-state index contributed by atoms with van der Waals surface area (Å²) in [5.41, 5.74) is 0.820. The fourth-order valence-corrected chi connectivity index (χ4v) is 3.73. The van der Waals surface area contributed by atoms with E-state index in [1.54, 1.807) is 0 Å². The van der Waals surface area contributed by atoms with Gasteiger partial charge in [0.2, 0.25) is 5.91 Å². The molecule has 146 valence electrons. The Hall–Kier alpha value is -2.87. The number of fused-ring (bicyclic) bond motifs is 1. The number of halogens is 2. The van der Waals surface area contributed by atoms with Crippen molar-refractivity contribution in [3.8, 4) is 0 Å². The molecule has 2 aromatic heterocycles. The number of rotatable bonds is 5. The molecule has 0 saturated carbocycles. The Kier molecular flexibility index (Phi) is 5.29. The van der Waals surface area contributed by atoms with Crippen LogP contribution in [0.5, 0.6) is 0 Å². The van der Waals surface area contributed by atoms with E-state index in [0.717, 1.165) is 56.0 Å². The van der Waals surface area contributed by atoms with Gasteiger partial charge in [0.25, 0.3) is 0 Å². The van der Waals surface area contributed by atoms with Gasteiger partial charge in [0.15, 0.2) is 5.65 Å². The Bertz CT molecular complexity index is 990. The normalized spacial score (nSPS) is 17.7. The molecule has 0 spiro atoms. The highest BCUT2D eigenvalue weighted by Crippen LogP contribution is 2.21. The average molecular weight is 385 g/mol. The first kappa shape index (κ1) is 18.5. The van der Waals surface area contributed by atoms with Gasteiger partial charge in [-0.2, -0.15) is 0 Å². The number of aromatic nitrogens is 3. The lowest BCUT2D eigenvalue weighted by Gasteiger charge is -2.31. The summed E-state index contributed by atoms with van der Waals surface area (Å²) < 4.78 is 28.7. The zero-order chi connectivity index (χ0) is 19.5. The number of nitrogens with one attached hydrogen (secondary N) is 1. The summed E-state index contributed by atoms with van der Waals surface area (Å²) in [6.07, 6.45) is 4.79. The maximum absolute atomic E-state index is 13.7. The summed E-state index contributed by atoms with van der Waals surface area (Å²) in [6.45, 7) is 1.76. The molecule has 1 saturated heterocycles. The van der Waals surface area contributed by atoms with E-state index in [0.29, 0.717) is 5.92 Å². The van der Waals surface area contributed by atoms with Gasteiger partial charge < -0.3 is 5.32 Å². The van der Waals surface area contributed by atoms with Gasteiger partial charge in [0, 0.05) is 25.2 Å². The number of anilines is 1. The first-order chi connectivity index (χ1) is 13.6. The predicted molar refractivity (Wildman–Crippen MR) is 101 cm³/mol. The zero-order valence-corrected chi connectivity index (χ0v) is 15.3. The predicted octanol–water partition coefficient (Wildman–Crippen LogP) is 2.90. The molecule has 1 atom stereocenters. The van der Waals surface area contributed by atoms with E-state index in [1.807, 2.05) is 28.8 Å². The highest BCUT2D eigenvalue weighted by molar-refractivity contribution is 5.92. The molecular weight excluding hydrogens is 364 g/mol. The van der Waals surface area contributed by atoms with Gasteiger partial charge in [-0.25, -0.2) is 8.78 Å². The van der Waals surface area contributed by atoms with Gasteiger partial charge in [-0.3, -0.25) is 14.1 Å². The fourth-order valence-electron chi connectivity index (χ4n) is 3.73.